The Bertz CT molecular complexity index is 439. The maximum absolute atomic E-state index is 11.1. The van der Waals surface area contributed by atoms with Gasteiger partial charge in [0.1, 0.15) is 0 Å². The highest BCUT2D eigenvalue weighted by Gasteiger charge is 2.15. The molecule has 1 amide bonds. The van der Waals surface area contributed by atoms with E-state index in [1.807, 2.05) is 37.3 Å². The van der Waals surface area contributed by atoms with E-state index in [1.54, 1.807) is 13.8 Å². The van der Waals surface area contributed by atoms with Crippen molar-refractivity contribution >= 4 is 11.6 Å². The average Bonchev–Trinajstić information content (AvgIpc) is 2.27. The van der Waals surface area contributed by atoms with Gasteiger partial charge in [-0.3, -0.25) is 4.79 Å². The first-order chi connectivity index (χ1) is 8.34. The summed E-state index contributed by atoms with van der Waals surface area (Å²) >= 11 is 0. The fourth-order valence-corrected chi connectivity index (χ4v) is 1.69. The van der Waals surface area contributed by atoms with E-state index < -0.39 is 5.60 Å². The molecular formula is C15H21NO2. The monoisotopic (exact) mass is 247 g/mol. The summed E-state index contributed by atoms with van der Waals surface area (Å²) in [6.45, 7) is 7.01. The molecule has 1 aromatic carbocycles. The van der Waals surface area contributed by atoms with Gasteiger partial charge in [0.25, 0.3) is 0 Å². The summed E-state index contributed by atoms with van der Waals surface area (Å²) in [5.41, 5.74) is 1.76. The zero-order chi connectivity index (χ0) is 13.8. The van der Waals surface area contributed by atoms with E-state index in [0.29, 0.717) is 0 Å². The molecule has 2 N–H and O–H groups in total. The normalized spacial score (nSPS) is 12.4. The Morgan fingerprint density at radius 1 is 1.33 bits per heavy atom. The topological polar surface area (TPSA) is 49.3 Å². The van der Waals surface area contributed by atoms with E-state index in [2.05, 4.69) is 5.32 Å². The Morgan fingerprint density at radius 3 is 2.28 bits per heavy atom. The van der Waals surface area contributed by atoms with Gasteiger partial charge < -0.3 is 10.4 Å². The molecule has 3 nitrogen and oxygen atoms in total. The summed E-state index contributed by atoms with van der Waals surface area (Å²) in [5.74, 6) is -0.0822. The molecule has 0 fully saturated rings. The van der Waals surface area contributed by atoms with Crippen molar-refractivity contribution in [1.29, 1.82) is 0 Å². The van der Waals surface area contributed by atoms with Gasteiger partial charge in [0.05, 0.1) is 5.60 Å². The second kappa shape index (κ2) is 5.83. The van der Waals surface area contributed by atoms with Crippen molar-refractivity contribution in [3.8, 4) is 0 Å². The predicted octanol–water partition coefficient (Wildman–Crippen LogP) is 2.80. The first-order valence-electron chi connectivity index (χ1n) is 6.15. The zero-order valence-corrected chi connectivity index (χ0v) is 11.4. The van der Waals surface area contributed by atoms with Gasteiger partial charge in [-0.15, -0.1) is 0 Å². The van der Waals surface area contributed by atoms with Gasteiger partial charge >= 0.3 is 0 Å². The first-order valence-corrected chi connectivity index (χ1v) is 6.15. The summed E-state index contributed by atoms with van der Waals surface area (Å²) in [7, 11) is 0. The predicted molar refractivity (Wildman–Crippen MR) is 73.8 cm³/mol. The van der Waals surface area contributed by atoms with Gasteiger partial charge in [0.15, 0.2) is 0 Å². The van der Waals surface area contributed by atoms with Crippen LogP contribution in [0.5, 0.6) is 0 Å². The van der Waals surface area contributed by atoms with Gasteiger partial charge in [-0.1, -0.05) is 37.3 Å². The van der Waals surface area contributed by atoms with Crippen molar-refractivity contribution in [3.05, 3.63) is 41.5 Å². The highest BCUT2D eigenvalue weighted by atomic mass is 16.3. The zero-order valence-electron chi connectivity index (χ0n) is 11.4. The molecule has 0 saturated carbocycles. The van der Waals surface area contributed by atoms with E-state index in [-0.39, 0.29) is 5.91 Å². The highest BCUT2D eigenvalue weighted by Crippen LogP contribution is 2.21. The minimum absolute atomic E-state index is 0.0822. The van der Waals surface area contributed by atoms with Gasteiger partial charge in [0, 0.05) is 12.6 Å². The summed E-state index contributed by atoms with van der Waals surface area (Å²) in [4.78, 5) is 11.1. The minimum atomic E-state index is -0.846. The standard InChI is InChI=1S/C15H21NO2/c1-5-6-14(16-11(2)17)12-7-9-13(10-8-12)15(3,4)18/h6-10,18H,5H2,1-4H3,(H,16,17). The van der Waals surface area contributed by atoms with E-state index in [4.69, 9.17) is 0 Å². The van der Waals surface area contributed by atoms with Crippen molar-refractivity contribution in [2.75, 3.05) is 0 Å². The lowest BCUT2D eigenvalue weighted by Gasteiger charge is -2.18. The van der Waals surface area contributed by atoms with Gasteiger partial charge in [-0.05, 0) is 31.4 Å². The van der Waals surface area contributed by atoms with Crippen LogP contribution >= 0.6 is 0 Å². The van der Waals surface area contributed by atoms with E-state index in [9.17, 15) is 9.90 Å². The number of carbonyl (C=O) groups is 1. The van der Waals surface area contributed by atoms with Crippen molar-refractivity contribution in [1.82, 2.24) is 5.32 Å². The molecule has 0 aliphatic carbocycles. The van der Waals surface area contributed by atoms with Crippen LogP contribution in [0.1, 0.15) is 45.2 Å². The second-order valence-electron chi connectivity index (χ2n) is 4.84. The molecule has 0 bridgehead atoms. The number of aliphatic hydroxyl groups is 1. The van der Waals surface area contributed by atoms with Crippen molar-refractivity contribution in [2.24, 2.45) is 0 Å². The molecule has 0 saturated heterocycles. The van der Waals surface area contributed by atoms with Crippen LogP contribution in [0.3, 0.4) is 0 Å². The molecule has 1 rings (SSSR count). The molecule has 0 radical (unpaired) electrons. The number of carbonyl (C=O) groups excluding carboxylic acids is 1. The second-order valence-corrected chi connectivity index (χ2v) is 4.84. The number of rotatable bonds is 4. The van der Waals surface area contributed by atoms with Crippen molar-refractivity contribution in [2.45, 2.75) is 39.7 Å². The molecular weight excluding hydrogens is 226 g/mol. The summed E-state index contributed by atoms with van der Waals surface area (Å²) in [6, 6.07) is 7.57. The maximum Gasteiger partial charge on any atom is 0.221 e. The van der Waals surface area contributed by atoms with Crippen LogP contribution in [-0.2, 0) is 10.4 Å². The number of nitrogens with one attached hydrogen (secondary N) is 1. The molecule has 98 valence electrons. The van der Waals surface area contributed by atoms with Crippen LogP contribution in [0, 0.1) is 0 Å². The average molecular weight is 247 g/mol. The maximum atomic E-state index is 11.1. The lowest BCUT2D eigenvalue weighted by atomic mass is 9.96. The largest absolute Gasteiger partial charge is 0.386 e. The van der Waals surface area contributed by atoms with Crippen LogP contribution in [-0.4, -0.2) is 11.0 Å². The molecule has 3 heteroatoms. The van der Waals surface area contributed by atoms with E-state index >= 15 is 0 Å². The Morgan fingerprint density at radius 2 is 1.89 bits per heavy atom. The van der Waals surface area contributed by atoms with Crippen molar-refractivity contribution < 1.29 is 9.90 Å². The van der Waals surface area contributed by atoms with Crippen LogP contribution in [0.15, 0.2) is 30.3 Å². The number of hydrogen-bond donors (Lipinski definition) is 2. The molecule has 0 spiro atoms. The lowest BCUT2D eigenvalue weighted by molar-refractivity contribution is -0.117. The first kappa shape index (κ1) is 14.5. The molecule has 0 aromatic heterocycles. The van der Waals surface area contributed by atoms with E-state index in [0.717, 1.165) is 23.2 Å². The fourth-order valence-electron chi connectivity index (χ4n) is 1.69. The van der Waals surface area contributed by atoms with Gasteiger partial charge in [0.2, 0.25) is 5.91 Å². The quantitative estimate of drug-likeness (QED) is 0.859. The van der Waals surface area contributed by atoms with Crippen LogP contribution < -0.4 is 5.32 Å². The summed E-state index contributed by atoms with van der Waals surface area (Å²) < 4.78 is 0. The third kappa shape index (κ3) is 4.00. The van der Waals surface area contributed by atoms with Crippen LogP contribution in [0.2, 0.25) is 0 Å². The molecule has 0 heterocycles. The summed E-state index contributed by atoms with van der Waals surface area (Å²) in [5, 5.41) is 12.7. The minimum Gasteiger partial charge on any atom is -0.386 e. The number of hydrogen-bond acceptors (Lipinski definition) is 2. The Kier molecular flexibility index (Phi) is 4.68. The van der Waals surface area contributed by atoms with Crippen LogP contribution in [0.25, 0.3) is 5.70 Å². The molecule has 1 aromatic rings. The molecule has 0 aliphatic heterocycles. The Hall–Kier alpha value is -1.61. The van der Waals surface area contributed by atoms with Crippen molar-refractivity contribution in [3.63, 3.8) is 0 Å². The third-order valence-electron chi connectivity index (χ3n) is 2.62. The molecule has 18 heavy (non-hydrogen) atoms. The Labute approximate surface area is 109 Å². The SMILES string of the molecule is CCC=C(NC(C)=O)c1ccc(C(C)(C)O)cc1. The van der Waals surface area contributed by atoms with E-state index in [1.165, 1.54) is 6.92 Å². The third-order valence-corrected chi connectivity index (χ3v) is 2.62. The van der Waals surface area contributed by atoms with Gasteiger partial charge in [-0.2, -0.15) is 0 Å². The number of benzene rings is 1. The lowest BCUT2D eigenvalue weighted by Crippen LogP contribution is -2.19. The number of amides is 1. The molecule has 0 unspecified atom stereocenters. The highest BCUT2D eigenvalue weighted by molar-refractivity contribution is 5.84. The summed E-state index contributed by atoms with van der Waals surface area (Å²) in [6.07, 6.45) is 2.82. The fraction of sp³-hybridized carbons (Fsp3) is 0.400. The number of allylic oxidation sites excluding steroid dienone is 1. The smallest absolute Gasteiger partial charge is 0.221 e. The van der Waals surface area contributed by atoms with Crippen LogP contribution in [0.4, 0.5) is 0 Å². The Balaban J connectivity index is 3.01. The molecule has 0 aliphatic rings. The molecule has 0 atom stereocenters. The van der Waals surface area contributed by atoms with Gasteiger partial charge in [-0.25, -0.2) is 0 Å².